The zero-order valence-electron chi connectivity index (χ0n) is 32.6. The average molecular weight is 804 g/mol. The minimum Gasteiger partial charge on any atom is -0.507 e. The molecule has 7 rings (SSSR count). The summed E-state index contributed by atoms with van der Waals surface area (Å²) >= 11 is 0. The first-order valence-electron chi connectivity index (χ1n) is 19.4. The number of ether oxygens (including phenoxy) is 6. The number of carbonyl (C=O) groups is 2. The molecule has 0 saturated carbocycles. The number of rotatable bonds is 8. The SMILES string of the molecule is CC[C@@]1(O)C[C@H](O)c2c(O)c3c(c(O)c2[C@H]1O[C@@H]1C[C@H](N(C)C)[C@@H](O[C@@H]2C[C@@H](O)[C@H](O[C@@H]4C[C@H](O)[C@@H](O)[C@H](C)O4)[C@@H](C)O2)[C@@H](C)O1)C(=O)c1cccc(O)c1C3=O. The Morgan fingerprint density at radius 2 is 1.30 bits per heavy atom. The summed E-state index contributed by atoms with van der Waals surface area (Å²) in [5.74, 6) is -3.77. The maximum Gasteiger partial charge on any atom is 0.202 e. The zero-order valence-corrected chi connectivity index (χ0v) is 32.6. The summed E-state index contributed by atoms with van der Waals surface area (Å²) in [6.45, 7) is 6.75. The number of ketones is 2. The first kappa shape index (κ1) is 41.8. The molecule has 0 radical (unpaired) electrons. The maximum atomic E-state index is 13.8. The third-order valence-electron chi connectivity index (χ3n) is 12.3. The van der Waals surface area contributed by atoms with Crippen molar-refractivity contribution in [3.05, 3.63) is 51.6 Å². The first-order valence-corrected chi connectivity index (χ1v) is 19.4. The molecule has 3 heterocycles. The van der Waals surface area contributed by atoms with E-state index in [1.807, 2.05) is 19.0 Å². The highest BCUT2D eigenvalue weighted by Crippen LogP contribution is 2.56. The molecule has 3 fully saturated rings. The molecule has 17 heteroatoms. The molecule has 2 aromatic rings. The fraction of sp³-hybridized carbons (Fsp3) is 0.650. The third kappa shape index (κ3) is 7.25. The fourth-order valence-electron chi connectivity index (χ4n) is 9.10. The highest BCUT2D eigenvalue weighted by atomic mass is 16.7. The standard InChI is InChI=1S/C40H53NO16/c1-7-40(51)14-23(45)28-31(36(50)29-30(35(28)49)34(48)27-18(33(29)47)9-8-10-20(27)42)39(40)57-24-11-19(41(5)6)37(16(3)53-24)55-26-13-22(44)38(17(4)54-26)56-25-12-21(43)32(46)15(2)52-25/h8-10,15-17,19,21-26,32,37-39,42-46,49-51H,7,11-14H2,1-6H3/t15-,16+,17+,19-,21-,22+,23-,24+,25+,26+,32-,37-,38+,39+,40+/m0/s1. The number of fused-ring (bicyclic) bond motifs is 3. The van der Waals surface area contributed by atoms with Gasteiger partial charge in [0.2, 0.25) is 5.78 Å². The van der Waals surface area contributed by atoms with Crippen LogP contribution in [0.5, 0.6) is 17.2 Å². The van der Waals surface area contributed by atoms with Crippen molar-refractivity contribution >= 4 is 11.6 Å². The highest BCUT2D eigenvalue weighted by Gasteiger charge is 2.53. The lowest BCUT2D eigenvalue weighted by atomic mass is 9.70. The monoisotopic (exact) mass is 803 g/mol. The summed E-state index contributed by atoms with van der Waals surface area (Å²) in [5.41, 5.74) is -4.03. The molecule has 2 aromatic carbocycles. The Kier molecular flexibility index (Phi) is 11.5. The Labute approximate surface area is 329 Å². The predicted octanol–water partition coefficient (Wildman–Crippen LogP) is 1.40. The molecule has 0 aromatic heterocycles. The molecule has 3 saturated heterocycles. The van der Waals surface area contributed by atoms with E-state index in [-0.39, 0.29) is 54.4 Å². The Bertz CT molecular complexity index is 1850. The number of carbonyl (C=O) groups excluding carboxylic acids is 2. The van der Waals surface area contributed by atoms with Crippen LogP contribution in [-0.4, -0.2) is 151 Å². The van der Waals surface area contributed by atoms with Crippen LogP contribution in [0.15, 0.2) is 18.2 Å². The molecule has 0 amide bonds. The van der Waals surface area contributed by atoms with E-state index in [1.165, 1.54) is 18.2 Å². The summed E-state index contributed by atoms with van der Waals surface area (Å²) in [7, 11) is 3.66. The second-order valence-electron chi connectivity index (χ2n) is 16.2. The summed E-state index contributed by atoms with van der Waals surface area (Å²) in [6, 6.07) is 3.51. The number of phenols is 3. The number of aliphatic hydroxyl groups is 5. The summed E-state index contributed by atoms with van der Waals surface area (Å²) in [5, 5.41) is 88.6. The van der Waals surface area contributed by atoms with Gasteiger partial charge in [-0.15, -0.1) is 0 Å². The number of hydrogen-bond acceptors (Lipinski definition) is 17. The normalized spacial score (nSPS) is 39.4. The van der Waals surface area contributed by atoms with E-state index in [2.05, 4.69) is 0 Å². The van der Waals surface area contributed by atoms with Crippen LogP contribution in [0, 0.1) is 0 Å². The number of benzene rings is 2. The van der Waals surface area contributed by atoms with Gasteiger partial charge in [-0.25, -0.2) is 0 Å². The van der Waals surface area contributed by atoms with Gasteiger partial charge < -0.3 is 74.2 Å². The van der Waals surface area contributed by atoms with Crippen molar-refractivity contribution in [2.45, 2.75) is 151 Å². The van der Waals surface area contributed by atoms with Crippen LogP contribution in [0.4, 0.5) is 0 Å². The topological polar surface area (TPSA) is 255 Å². The number of hydrogen-bond donors (Lipinski definition) is 8. The van der Waals surface area contributed by atoms with E-state index in [0.717, 1.165) is 0 Å². The summed E-state index contributed by atoms with van der Waals surface area (Å²) in [6.07, 6.45) is -12.5. The summed E-state index contributed by atoms with van der Waals surface area (Å²) < 4.78 is 37.2. The molecular weight excluding hydrogens is 750 g/mol. The van der Waals surface area contributed by atoms with E-state index in [0.29, 0.717) is 0 Å². The average Bonchev–Trinajstić information content (AvgIpc) is 3.14. The second kappa shape index (κ2) is 15.7. The lowest BCUT2D eigenvalue weighted by Crippen LogP contribution is -2.58. The lowest BCUT2D eigenvalue weighted by Gasteiger charge is -2.49. The van der Waals surface area contributed by atoms with Gasteiger partial charge in [-0.1, -0.05) is 19.1 Å². The van der Waals surface area contributed by atoms with Gasteiger partial charge in [-0.2, -0.15) is 0 Å². The van der Waals surface area contributed by atoms with Crippen LogP contribution < -0.4 is 0 Å². The van der Waals surface area contributed by atoms with E-state index in [4.69, 9.17) is 28.4 Å². The van der Waals surface area contributed by atoms with Crippen LogP contribution in [0.3, 0.4) is 0 Å². The van der Waals surface area contributed by atoms with Crippen molar-refractivity contribution in [2.24, 2.45) is 0 Å². The smallest absolute Gasteiger partial charge is 0.202 e. The van der Waals surface area contributed by atoms with Gasteiger partial charge in [-0.05, 0) is 47.4 Å². The zero-order chi connectivity index (χ0) is 41.4. The molecule has 0 bridgehead atoms. The molecule has 0 spiro atoms. The van der Waals surface area contributed by atoms with Crippen molar-refractivity contribution in [1.29, 1.82) is 0 Å². The summed E-state index contributed by atoms with van der Waals surface area (Å²) in [4.78, 5) is 29.4. The number of aromatic hydroxyl groups is 3. The predicted molar refractivity (Wildman–Crippen MR) is 195 cm³/mol. The quantitative estimate of drug-likeness (QED) is 0.150. The van der Waals surface area contributed by atoms with Gasteiger partial charge in [0.1, 0.15) is 41.7 Å². The van der Waals surface area contributed by atoms with E-state index >= 15 is 0 Å². The van der Waals surface area contributed by atoms with Crippen molar-refractivity contribution in [1.82, 2.24) is 4.90 Å². The van der Waals surface area contributed by atoms with Gasteiger partial charge in [0.25, 0.3) is 0 Å². The number of aliphatic hydroxyl groups excluding tert-OH is 4. The number of likely N-dealkylation sites (N-methyl/N-ethyl adjacent to an activating group) is 1. The van der Waals surface area contributed by atoms with Gasteiger partial charge in [-0.3, -0.25) is 9.59 Å². The Hall–Kier alpha value is -3.30. The Morgan fingerprint density at radius 3 is 1.91 bits per heavy atom. The van der Waals surface area contributed by atoms with E-state index in [1.54, 1.807) is 27.7 Å². The molecule has 5 aliphatic rings. The van der Waals surface area contributed by atoms with E-state index in [9.17, 15) is 50.4 Å². The molecule has 2 aliphatic carbocycles. The van der Waals surface area contributed by atoms with Gasteiger partial charge in [0, 0.05) is 48.4 Å². The molecular formula is C40H53NO16. The maximum absolute atomic E-state index is 13.8. The molecule has 3 aliphatic heterocycles. The molecule has 15 atom stereocenters. The van der Waals surface area contributed by atoms with E-state index < -0.39 is 131 Å². The van der Waals surface area contributed by atoms with Crippen molar-refractivity contribution in [3.8, 4) is 17.2 Å². The second-order valence-corrected chi connectivity index (χ2v) is 16.2. The van der Waals surface area contributed by atoms with Crippen molar-refractivity contribution < 1.29 is 78.9 Å². The van der Waals surface area contributed by atoms with Crippen LogP contribution in [-0.2, 0) is 28.4 Å². The van der Waals surface area contributed by atoms with Gasteiger partial charge in [0.05, 0.1) is 58.9 Å². The van der Waals surface area contributed by atoms with Crippen LogP contribution >= 0.6 is 0 Å². The van der Waals surface area contributed by atoms with Crippen molar-refractivity contribution in [3.63, 3.8) is 0 Å². The van der Waals surface area contributed by atoms with Crippen LogP contribution in [0.1, 0.15) is 115 Å². The first-order chi connectivity index (χ1) is 26.9. The largest absolute Gasteiger partial charge is 0.507 e. The molecule has 314 valence electrons. The molecule has 57 heavy (non-hydrogen) atoms. The van der Waals surface area contributed by atoms with Crippen molar-refractivity contribution in [2.75, 3.05) is 14.1 Å². The highest BCUT2D eigenvalue weighted by molar-refractivity contribution is 6.31. The Morgan fingerprint density at radius 1 is 0.737 bits per heavy atom. The van der Waals surface area contributed by atoms with Crippen LogP contribution in [0.25, 0.3) is 0 Å². The minimum absolute atomic E-state index is 0.0127. The third-order valence-corrected chi connectivity index (χ3v) is 12.3. The Balaban J connectivity index is 1.11. The van der Waals surface area contributed by atoms with Gasteiger partial charge >= 0.3 is 0 Å². The number of phenolic OH excluding ortho intramolecular Hbond substituents is 3. The molecule has 0 unspecified atom stereocenters. The fourth-order valence-corrected chi connectivity index (χ4v) is 9.10. The molecule has 8 N–H and O–H groups in total. The lowest BCUT2D eigenvalue weighted by molar-refractivity contribution is -0.334. The van der Waals surface area contributed by atoms with Gasteiger partial charge in [0.15, 0.2) is 24.7 Å². The number of nitrogens with zero attached hydrogens (tertiary/aromatic N) is 1. The minimum atomic E-state index is -1.84. The van der Waals surface area contributed by atoms with Crippen LogP contribution in [0.2, 0.25) is 0 Å². The molecule has 17 nitrogen and oxygen atoms in total.